The van der Waals surface area contributed by atoms with E-state index in [4.69, 9.17) is 7.74 Å². The lowest BCUT2D eigenvalue weighted by atomic mass is 9.67. The zero-order chi connectivity index (χ0) is 10.8. The molecule has 0 spiro atoms. The first-order chi connectivity index (χ1) is 7.20. The van der Waals surface area contributed by atoms with Crippen molar-refractivity contribution in [2.45, 2.75) is 6.92 Å². The number of amides is 1. The molecule has 0 aromatic carbocycles. The van der Waals surface area contributed by atoms with Crippen LogP contribution in [-0.2, 0) is 0 Å². The Morgan fingerprint density at radius 3 is 3.13 bits per heavy atom. The summed E-state index contributed by atoms with van der Waals surface area (Å²) in [5, 5.41) is 2.39. The highest BCUT2D eigenvalue weighted by molar-refractivity contribution is 7.18. The molecule has 3 radical (unpaired) electrons. The Labute approximate surface area is 93.6 Å². The fraction of sp³-hybridized carbons (Fsp3) is 0.111. The molecule has 1 N–H and O–H groups in total. The number of fused-ring (bicyclic) bond motifs is 1. The number of aryl methyl sites for hydroxylation is 1. The van der Waals surface area contributed by atoms with Crippen LogP contribution >= 0.6 is 11.3 Å². The van der Waals surface area contributed by atoms with Gasteiger partial charge in [0, 0.05) is 12.6 Å². The van der Waals surface area contributed by atoms with Gasteiger partial charge in [-0.05, 0) is 25.1 Å². The molecule has 0 saturated carbocycles. The van der Waals surface area contributed by atoms with Crippen LogP contribution in [0.2, 0.25) is 0 Å². The molecular formula is C9H7B2N2OS. The summed E-state index contributed by atoms with van der Waals surface area (Å²) in [6.45, 7) is 2.01. The van der Waals surface area contributed by atoms with E-state index in [1.54, 1.807) is 17.4 Å². The second-order valence-electron chi connectivity index (χ2n) is 3.08. The Bertz CT molecular complexity index is 512. The van der Waals surface area contributed by atoms with Crippen molar-refractivity contribution >= 4 is 42.5 Å². The van der Waals surface area contributed by atoms with E-state index >= 15 is 0 Å². The average Bonchev–Trinajstić information content (AvgIpc) is 2.57. The van der Waals surface area contributed by atoms with Crippen LogP contribution in [0.4, 0.5) is 0 Å². The lowest BCUT2D eigenvalue weighted by Crippen LogP contribution is -2.28. The monoisotopic (exact) mass is 213 g/mol. The molecule has 0 atom stereocenters. The number of carbonyl (C=O) groups excluding carboxylic acids is 1. The molecule has 6 heteroatoms. The quantitative estimate of drug-likeness (QED) is 0.757. The van der Waals surface area contributed by atoms with E-state index in [1.807, 2.05) is 19.1 Å². The van der Waals surface area contributed by atoms with Gasteiger partial charge in [-0.15, -0.1) is 11.3 Å². The van der Waals surface area contributed by atoms with Gasteiger partial charge in [-0.3, -0.25) is 4.79 Å². The number of nitrogens with one attached hydrogen (secondary N) is 1. The summed E-state index contributed by atoms with van der Waals surface area (Å²) < 4.78 is 1.08. The van der Waals surface area contributed by atoms with Gasteiger partial charge >= 0.3 is 0 Å². The average molecular weight is 213 g/mol. The van der Waals surface area contributed by atoms with Gasteiger partial charge in [-0.2, -0.15) is 0 Å². The summed E-state index contributed by atoms with van der Waals surface area (Å²) in [5.41, 5.74) is 1.23. The topological polar surface area (TPSA) is 42.0 Å². The molecule has 3 nitrogen and oxygen atoms in total. The van der Waals surface area contributed by atoms with Gasteiger partial charge < -0.3 is 5.23 Å². The molecule has 2 aromatic heterocycles. The second-order valence-corrected chi connectivity index (χ2v) is 4.36. The Morgan fingerprint density at radius 2 is 2.40 bits per heavy atom. The summed E-state index contributed by atoms with van der Waals surface area (Å²) in [6.07, 6.45) is 0. The maximum atomic E-state index is 11.4. The van der Waals surface area contributed by atoms with Gasteiger partial charge in [0.1, 0.15) is 5.69 Å². The minimum Gasteiger partial charge on any atom is -0.407 e. The van der Waals surface area contributed by atoms with Gasteiger partial charge in [0.15, 0.2) is 7.31 Å². The summed E-state index contributed by atoms with van der Waals surface area (Å²) in [5.74, 6) is -0.289. The molecule has 2 rings (SSSR count). The molecule has 0 unspecified atom stereocenters. The smallest absolute Gasteiger partial charge is 0.257 e. The van der Waals surface area contributed by atoms with Crippen LogP contribution in [0.25, 0.3) is 10.2 Å². The van der Waals surface area contributed by atoms with Crippen molar-refractivity contribution in [3.63, 3.8) is 0 Å². The van der Waals surface area contributed by atoms with Gasteiger partial charge in [-0.1, -0.05) is 0 Å². The first-order valence-electron chi connectivity index (χ1n) is 4.42. The fourth-order valence-electron chi connectivity index (χ4n) is 1.32. The second kappa shape index (κ2) is 4.06. The Balaban J connectivity index is 2.41. The van der Waals surface area contributed by atoms with Crippen LogP contribution in [0.15, 0.2) is 18.2 Å². The standard InChI is InChI=1S/C9H7B2N2OS/c1-5-4-7-8(15-5)3-2-6(12-7)9(14)13-11-10/h2-4H,1H3,(H,13,14). The predicted molar refractivity (Wildman–Crippen MR) is 63.3 cm³/mol. The summed E-state index contributed by atoms with van der Waals surface area (Å²) in [4.78, 5) is 16.8. The molecule has 15 heavy (non-hydrogen) atoms. The minimum absolute atomic E-state index is 0.289. The summed E-state index contributed by atoms with van der Waals surface area (Å²) in [7, 11) is 6.21. The minimum atomic E-state index is -0.289. The molecule has 1 amide bonds. The van der Waals surface area contributed by atoms with Crippen molar-refractivity contribution in [1.29, 1.82) is 0 Å². The first-order valence-corrected chi connectivity index (χ1v) is 5.24. The maximum absolute atomic E-state index is 11.4. The third kappa shape index (κ3) is 2.04. The predicted octanol–water partition coefficient (Wildman–Crippen LogP) is 1.04. The number of aromatic nitrogens is 1. The van der Waals surface area contributed by atoms with E-state index in [9.17, 15) is 4.79 Å². The SMILES string of the molecule is [B][B]NC(=O)c1ccc2sc(C)cc2n1. The third-order valence-corrected chi connectivity index (χ3v) is 2.95. The van der Waals surface area contributed by atoms with Crippen molar-refractivity contribution in [2.24, 2.45) is 0 Å². The molecule has 0 aliphatic rings. The number of pyridine rings is 1. The van der Waals surface area contributed by atoms with Gasteiger partial charge in [-0.25, -0.2) is 4.98 Å². The van der Waals surface area contributed by atoms with E-state index in [0.717, 1.165) is 17.5 Å². The van der Waals surface area contributed by atoms with Crippen molar-refractivity contribution in [3.05, 3.63) is 28.8 Å². The van der Waals surface area contributed by atoms with E-state index in [-0.39, 0.29) is 5.91 Å². The van der Waals surface area contributed by atoms with Crippen LogP contribution in [0, 0.1) is 6.92 Å². The number of nitrogens with zero attached hydrogens (tertiary/aromatic N) is 1. The van der Waals surface area contributed by atoms with Gasteiger partial charge in [0.2, 0.25) is 0 Å². The van der Waals surface area contributed by atoms with Crippen LogP contribution in [-0.4, -0.2) is 25.9 Å². The van der Waals surface area contributed by atoms with E-state index in [1.165, 1.54) is 4.88 Å². The van der Waals surface area contributed by atoms with E-state index in [0.29, 0.717) is 5.69 Å². The number of rotatable bonds is 2. The molecule has 0 aliphatic carbocycles. The number of hydrogen-bond donors (Lipinski definition) is 1. The Hall–Kier alpha value is -1.29. The Kier molecular flexibility index (Phi) is 2.77. The molecule has 71 valence electrons. The van der Waals surface area contributed by atoms with Gasteiger partial charge in [0.25, 0.3) is 5.91 Å². The number of hydrogen-bond acceptors (Lipinski definition) is 3. The maximum Gasteiger partial charge on any atom is 0.257 e. The number of carbonyl (C=O) groups is 1. The summed E-state index contributed by atoms with van der Waals surface area (Å²) in [6, 6.07) is 5.55. The van der Waals surface area contributed by atoms with Gasteiger partial charge in [0.05, 0.1) is 10.2 Å². The van der Waals surface area contributed by atoms with Crippen molar-refractivity contribution in [2.75, 3.05) is 0 Å². The Morgan fingerprint density at radius 1 is 1.60 bits per heavy atom. The molecule has 0 aliphatic heterocycles. The molecule has 0 bridgehead atoms. The molecule has 0 saturated heterocycles. The highest BCUT2D eigenvalue weighted by Crippen LogP contribution is 2.23. The lowest BCUT2D eigenvalue weighted by Gasteiger charge is -2.00. The summed E-state index contributed by atoms with van der Waals surface area (Å²) >= 11 is 1.66. The molecule has 0 fully saturated rings. The van der Waals surface area contributed by atoms with E-state index < -0.39 is 0 Å². The number of thiophene rings is 1. The highest BCUT2D eigenvalue weighted by atomic mass is 32.1. The molecule has 2 aromatic rings. The van der Waals surface area contributed by atoms with E-state index in [2.05, 4.69) is 10.2 Å². The normalized spacial score (nSPS) is 10.2. The van der Waals surface area contributed by atoms with Crippen LogP contribution in [0.3, 0.4) is 0 Å². The third-order valence-electron chi connectivity index (χ3n) is 1.94. The largest absolute Gasteiger partial charge is 0.407 e. The zero-order valence-corrected chi connectivity index (χ0v) is 8.97. The zero-order valence-electron chi connectivity index (χ0n) is 8.15. The molecular weight excluding hydrogens is 206 g/mol. The molecule has 2 heterocycles. The van der Waals surface area contributed by atoms with Crippen LogP contribution in [0.5, 0.6) is 0 Å². The lowest BCUT2D eigenvalue weighted by molar-refractivity contribution is 0.0976. The highest BCUT2D eigenvalue weighted by Gasteiger charge is 2.07. The van der Waals surface area contributed by atoms with Crippen molar-refractivity contribution < 1.29 is 4.79 Å². The van der Waals surface area contributed by atoms with Crippen molar-refractivity contribution in [3.8, 4) is 0 Å². The fourth-order valence-corrected chi connectivity index (χ4v) is 2.19. The van der Waals surface area contributed by atoms with Crippen molar-refractivity contribution in [1.82, 2.24) is 10.2 Å². The first kappa shape index (κ1) is 10.2. The van der Waals surface area contributed by atoms with Crippen LogP contribution in [0.1, 0.15) is 15.4 Å². The van der Waals surface area contributed by atoms with Crippen LogP contribution < -0.4 is 5.23 Å².